The topological polar surface area (TPSA) is 51.5 Å². The molecule has 0 unspecified atom stereocenters. The van der Waals surface area contributed by atoms with Gasteiger partial charge in [0.1, 0.15) is 11.5 Å². The Hall–Kier alpha value is -3.01. The quantitative estimate of drug-likeness (QED) is 0.778. The van der Waals surface area contributed by atoms with Crippen molar-refractivity contribution in [3.05, 3.63) is 78.1 Å². The zero-order valence-corrected chi connectivity index (χ0v) is 12.8. The van der Waals surface area contributed by atoms with E-state index < -0.39 is 0 Å². The van der Waals surface area contributed by atoms with Crippen molar-refractivity contribution in [1.29, 1.82) is 0 Å². The molecule has 0 atom stereocenters. The molecule has 0 fully saturated rings. The van der Waals surface area contributed by atoms with Crippen molar-refractivity contribution in [3.63, 3.8) is 0 Å². The summed E-state index contributed by atoms with van der Waals surface area (Å²) in [5, 5.41) is 2.91. The molecule has 116 valence electrons. The largest absolute Gasteiger partial charge is 0.497 e. The van der Waals surface area contributed by atoms with Gasteiger partial charge in [-0.1, -0.05) is 18.2 Å². The molecule has 0 saturated heterocycles. The predicted octanol–water partition coefficient (Wildman–Crippen LogP) is 3.89. The highest BCUT2D eigenvalue weighted by atomic mass is 16.5. The van der Waals surface area contributed by atoms with Crippen molar-refractivity contribution in [2.75, 3.05) is 7.11 Å². The molecule has 2 aromatic carbocycles. The van der Waals surface area contributed by atoms with Gasteiger partial charge in [0, 0.05) is 17.7 Å². The van der Waals surface area contributed by atoms with Crippen molar-refractivity contribution in [1.82, 2.24) is 5.32 Å². The first-order valence-electron chi connectivity index (χ1n) is 7.31. The number of hydrogen-bond acceptors (Lipinski definition) is 3. The molecule has 1 heterocycles. The summed E-state index contributed by atoms with van der Waals surface area (Å²) in [5.41, 5.74) is 2.61. The zero-order chi connectivity index (χ0) is 16.1. The third-order valence-corrected chi connectivity index (χ3v) is 3.54. The Labute approximate surface area is 134 Å². The molecule has 1 amide bonds. The van der Waals surface area contributed by atoms with Crippen molar-refractivity contribution in [2.45, 2.75) is 6.54 Å². The monoisotopic (exact) mass is 307 g/mol. The van der Waals surface area contributed by atoms with Crippen LogP contribution in [-0.4, -0.2) is 13.0 Å². The second-order valence-corrected chi connectivity index (χ2v) is 5.09. The number of amides is 1. The highest BCUT2D eigenvalue weighted by Gasteiger charge is 2.06. The Morgan fingerprint density at radius 3 is 2.61 bits per heavy atom. The predicted molar refractivity (Wildman–Crippen MR) is 88.3 cm³/mol. The second-order valence-electron chi connectivity index (χ2n) is 5.09. The lowest BCUT2D eigenvalue weighted by molar-refractivity contribution is 0.0951. The van der Waals surface area contributed by atoms with Gasteiger partial charge in [0.2, 0.25) is 0 Å². The zero-order valence-electron chi connectivity index (χ0n) is 12.8. The van der Waals surface area contributed by atoms with Gasteiger partial charge in [-0.3, -0.25) is 4.79 Å². The molecular weight excluding hydrogens is 290 g/mol. The average Bonchev–Trinajstić information content (AvgIpc) is 3.15. The van der Waals surface area contributed by atoms with Crippen molar-refractivity contribution in [3.8, 4) is 17.1 Å². The SMILES string of the molecule is COc1ccc(C(=O)NCc2cccc(-c3ccco3)c2)cc1. The smallest absolute Gasteiger partial charge is 0.251 e. The van der Waals surface area contributed by atoms with E-state index in [1.54, 1.807) is 37.6 Å². The van der Waals surface area contributed by atoms with Gasteiger partial charge < -0.3 is 14.5 Å². The standard InChI is InChI=1S/C19H17NO3/c1-22-17-9-7-15(8-10-17)19(21)20-13-14-4-2-5-16(12-14)18-6-3-11-23-18/h2-12H,13H2,1H3,(H,20,21). The number of furan rings is 1. The summed E-state index contributed by atoms with van der Waals surface area (Å²) in [7, 11) is 1.60. The molecular formula is C19H17NO3. The van der Waals surface area contributed by atoms with E-state index in [1.165, 1.54) is 0 Å². The molecule has 0 radical (unpaired) electrons. The minimum Gasteiger partial charge on any atom is -0.497 e. The fourth-order valence-corrected chi connectivity index (χ4v) is 2.30. The summed E-state index contributed by atoms with van der Waals surface area (Å²) in [5.74, 6) is 1.43. The van der Waals surface area contributed by atoms with Crippen LogP contribution in [-0.2, 0) is 6.54 Å². The maximum atomic E-state index is 12.2. The van der Waals surface area contributed by atoms with Crippen LogP contribution in [0.15, 0.2) is 71.3 Å². The van der Waals surface area contributed by atoms with Crippen LogP contribution in [0.4, 0.5) is 0 Å². The molecule has 4 heteroatoms. The Balaban J connectivity index is 1.65. The van der Waals surface area contributed by atoms with Crippen LogP contribution in [0.5, 0.6) is 5.75 Å². The summed E-state index contributed by atoms with van der Waals surface area (Å²) in [6.45, 7) is 0.458. The van der Waals surface area contributed by atoms with Crippen LogP contribution in [0.1, 0.15) is 15.9 Å². The van der Waals surface area contributed by atoms with Gasteiger partial charge in [0.05, 0.1) is 13.4 Å². The van der Waals surface area contributed by atoms with E-state index in [1.807, 2.05) is 36.4 Å². The van der Waals surface area contributed by atoms with Crippen molar-refractivity contribution < 1.29 is 13.9 Å². The fourth-order valence-electron chi connectivity index (χ4n) is 2.30. The van der Waals surface area contributed by atoms with Crippen molar-refractivity contribution >= 4 is 5.91 Å². The van der Waals surface area contributed by atoms with E-state index >= 15 is 0 Å². The Morgan fingerprint density at radius 2 is 1.91 bits per heavy atom. The molecule has 23 heavy (non-hydrogen) atoms. The molecule has 0 aliphatic rings. The molecule has 0 spiro atoms. The van der Waals surface area contributed by atoms with Gasteiger partial charge in [-0.15, -0.1) is 0 Å². The Kier molecular flexibility index (Phi) is 4.43. The molecule has 3 rings (SSSR count). The first-order valence-corrected chi connectivity index (χ1v) is 7.31. The highest BCUT2D eigenvalue weighted by Crippen LogP contribution is 2.20. The number of carbonyl (C=O) groups excluding carboxylic acids is 1. The molecule has 0 aliphatic carbocycles. The lowest BCUT2D eigenvalue weighted by Crippen LogP contribution is -2.22. The molecule has 1 N–H and O–H groups in total. The van der Waals surface area contributed by atoms with E-state index in [0.717, 1.165) is 22.6 Å². The molecule has 3 aromatic rings. The third kappa shape index (κ3) is 3.61. The number of benzene rings is 2. The first-order chi connectivity index (χ1) is 11.3. The number of methoxy groups -OCH3 is 1. The highest BCUT2D eigenvalue weighted by molar-refractivity contribution is 5.94. The van der Waals surface area contributed by atoms with Gasteiger partial charge in [-0.05, 0) is 48.0 Å². The van der Waals surface area contributed by atoms with Gasteiger partial charge in [-0.25, -0.2) is 0 Å². The second kappa shape index (κ2) is 6.83. The van der Waals surface area contributed by atoms with Gasteiger partial charge in [-0.2, -0.15) is 0 Å². The number of rotatable bonds is 5. The molecule has 0 bridgehead atoms. The van der Waals surface area contributed by atoms with E-state index in [9.17, 15) is 4.79 Å². The minimum absolute atomic E-state index is 0.115. The number of nitrogens with one attached hydrogen (secondary N) is 1. The summed E-state index contributed by atoms with van der Waals surface area (Å²) in [4.78, 5) is 12.2. The van der Waals surface area contributed by atoms with Crippen LogP contribution in [0.3, 0.4) is 0 Å². The van der Waals surface area contributed by atoms with Gasteiger partial charge in [0.15, 0.2) is 0 Å². The van der Waals surface area contributed by atoms with E-state index in [4.69, 9.17) is 9.15 Å². The van der Waals surface area contributed by atoms with Crippen LogP contribution in [0, 0.1) is 0 Å². The van der Waals surface area contributed by atoms with Crippen LogP contribution < -0.4 is 10.1 Å². The number of carbonyl (C=O) groups is 1. The molecule has 0 aliphatic heterocycles. The van der Waals surface area contributed by atoms with Gasteiger partial charge >= 0.3 is 0 Å². The molecule has 1 aromatic heterocycles. The fraction of sp³-hybridized carbons (Fsp3) is 0.105. The number of hydrogen-bond donors (Lipinski definition) is 1. The van der Waals surface area contributed by atoms with E-state index in [-0.39, 0.29) is 5.91 Å². The normalized spacial score (nSPS) is 10.3. The van der Waals surface area contributed by atoms with Gasteiger partial charge in [0.25, 0.3) is 5.91 Å². The lowest BCUT2D eigenvalue weighted by Gasteiger charge is -2.07. The van der Waals surface area contributed by atoms with E-state index in [0.29, 0.717) is 12.1 Å². The summed E-state index contributed by atoms with van der Waals surface area (Å²) in [6, 6.07) is 18.7. The molecule has 0 saturated carbocycles. The Bertz CT molecular complexity index is 777. The Morgan fingerprint density at radius 1 is 1.09 bits per heavy atom. The van der Waals surface area contributed by atoms with E-state index in [2.05, 4.69) is 5.32 Å². The number of ether oxygens (including phenoxy) is 1. The van der Waals surface area contributed by atoms with Crippen LogP contribution in [0.25, 0.3) is 11.3 Å². The third-order valence-electron chi connectivity index (χ3n) is 3.54. The maximum absolute atomic E-state index is 12.2. The molecule has 4 nitrogen and oxygen atoms in total. The maximum Gasteiger partial charge on any atom is 0.251 e. The summed E-state index contributed by atoms with van der Waals surface area (Å²) >= 11 is 0. The van der Waals surface area contributed by atoms with Crippen LogP contribution >= 0.6 is 0 Å². The van der Waals surface area contributed by atoms with Crippen molar-refractivity contribution in [2.24, 2.45) is 0 Å². The first kappa shape index (κ1) is 14.9. The summed E-state index contributed by atoms with van der Waals surface area (Å²) < 4.78 is 10.5. The average molecular weight is 307 g/mol. The van der Waals surface area contributed by atoms with Crippen LogP contribution in [0.2, 0.25) is 0 Å². The summed E-state index contributed by atoms with van der Waals surface area (Å²) in [6.07, 6.45) is 1.65. The lowest BCUT2D eigenvalue weighted by atomic mass is 10.1. The minimum atomic E-state index is -0.115.